The van der Waals surface area contributed by atoms with Crippen LogP contribution in [-0.2, 0) is 6.54 Å². The molecule has 2 N–H and O–H groups in total. The van der Waals surface area contributed by atoms with Gasteiger partial charge >= 0.3 is 0 Å². The SMILES string of the molecule is Cc1cc(C)n(C[C@H](C)CNC(=O)c2ccc(NC(=O)c3ccco3)cc2)n1. The Bertz CT molecular complexity index is 943. The lowest BCUT2D eigenvalue weighted by atomic mass is 10.1. The van der Waals surface area contributed by atoms with Crippen LogP contribution in [0.1, 0.15) is 39.2 Å². The Kier molecular flexibility index (Phi) is 5.93. The Morgan fingerprint density at radius 1 is 1.14 bits per heavy atom. The molecular formula is C21H24N4O3. The summed E-state index contributed by atoms with van der Waals surface area (Å²) in [7, 11) is 0. The van der Waals surface area contributed by atoms with E-state index in [1.807, 2.05) is 24.6 Å². The number of nitrogens with zero attached hydrogens (tertiary/aromatic N) is 2. The minimum Gasteiger partial charge on any atom is -0.459 e. The molecule has 1 aromatic carbocycles. The third-order valence-corrected chi connectivity index (χ3v) is 4.35. The van der Waals surface area contributed by atoms with Gasteiger partial charge in [0, 0.05) is 30.0 Å². The molecule has 0 spiro atoms. The summed E-state index contributed by atoms with van der Waals surface area (Å²) in [6, 6.07) is 12.0. The molecule has 28 heavy (non-hydrogen) atoms. The Balaban J connectivity index is 1.50. The number of hydrogen-bond acceptors (Lipinski definition) is 4. The van der Waals surface area contributed by atoms with Crippen molar-refractivity contribution < 1.29 is 14.0 Å². The first-order chi connectivity index (χ1) is 13.4. The summed E-state index contributed by atoms with van der Waals surface area (Å²) in [4.78, 5) is 24.3. The molecule has 2 aromatic heterocycles. The lowest BCUT2D eigenvalue weighted by Gasteiger charge is -2.14. The molecule has 3 rings (SSSR count). The number of aryl methyl sites for hydroxylation is 2. The van der Waals surface area contributed by atoms with E-state index in [4.69, 9.17) is 4.42 Å². The number of furan rings is 1. The Morgan fingerprint density at radius 2 is 1.89 bits per heavy atom. The van der Waals surface area contributed by atoms with Crippen LogP contribution in [0, 0.1) is 19.8 Å². The van der Waals surface area contributed by atoms with Gasteiger partial charge in [-0.1, -0.05) is 6.92 Å². The summed E-state index contributed by atoms with van der Waals surface area (Å²) in [6.45, 7) is 7.37. The van der Waals surface area contributed by atoms with E-state index < -0.39 is 0 Å². The number of rotatable bonds is 7. The van der Waals surface area contributed by atoms with Crippen LogP contribution in [0.5, 0.6) is 0 Å². The molecule has 146 valence electrons. The van der Waals surface area contributed by atoms with Crippen molar-refractivity contribution in [3.05, 3.63) is 71.4 Å². The topological polar surface area (TPSA) is 89.2 Å². The molecule has 0 aliphatic rings. The molecule has 0 radical (unpaired) electrons. The van der Waals surface area contributed by atoms with Crippen molar-refractivity contribution >= 4 is 17.5 Å². The van der Waals surface area contributed by atoms with Crippen LogP contribution < -0.4 is 10.6 Å². The van der Waals surface area contributed by atoms with Gasteiger partial charge in [-0.05, 0) is 62.2 Å². The first kappa shape index (κ1) is 19.4. The monoisotopic (exact) mass is 380 g/mol. The maximum atomic E-state index is 12.4. The van der Waals surface area contributed by atoms with Gasteiger partial charge in [0.05, 0.1) is 12.0 Å². The molecule has 0 aliphatic heterocycles. The molecular weight excluding hydrogens is 356 g/mol. The first-order valence-corrected chi connectivity index (χ1v) is 9.16. The quantitative estimate of drug-likeness (QED) is 0.657. The van der Waals surface area contributed by atoms with Gasteiger partial charge in [0.2, 0.25) is 0 Å². The van der Waals surface area contributed by atoms with Crippen molar-refractivity contribution in [2.45, 2.75) is 27.3 Å². The molecule has 0 saturated heterocycles. The zero-order valence-corrected chi connectivity index (χ0v) is 16.2. The van der Waals surface area contributed by atoms with E-state index in [1.54, 1.807) is 36.4 Å². The first-order valence-electron chi connectivity index (χ1n) is 9.16. The number of carbonyl (C=O) groups is 2. The van der Waals surface area contributed by atoms with E-state index in [0.717, 1.165) is 17.9 Å². The van der Waals surface area contributed by atoms with E-state index in [9.17, 15) is 9.59 Å². The number of hydrogen-bond donors (Lipinski definition) is 2. The molecule has 1 atom stereocenters. The van der Waals surface area contributed by atoms with Gasteiger partial charge in [-0.15, -0.1) is 0 Å². The summed E-state index contributed by atoms with van der Waals surface area (Å²) < 4.78 is 7.01. The zero-order chi connectivity index (χ0) is 20.1. The number of anilines is 1. The number of benzene rings is 1. The number of amides is 2. The third kappa shape index (κ3) is 4.88. The lowest BCUT2D eigenvalue weighted by molar-refractivity contribution is 0.0945. The highest BCUT2D eigenvalue weighted by atomic mass is 16.3. The van der Waals surface area contributed by atoms with E-state index >= 15 is 0 Å². The zero-order valence-electron chi connectivity index (χ0n) is 16.2. The fourth-order valence-corrected chi connectivity index (χ4v) is 2.89. The smallest absolute Gasteiger partial charge is 0.291 e. The second-order valence-electron chi connectivity index (χ2n) is 6.93. The molecule has 0 fully saturated rings. The standard InChI is InChI=1S/C21H24N4O3/c1-14(13-25-16(3)11-15(2)24-25)12-22-20(26)17-6-8-18(9-7-17)23-21(27)19-5-4-10-28-19/h4-11,14H,12-13H2,1-3H3,(H,22,26)(H,23,27)/t14-/m1/s1. The van der Waals surface area contributed by atoms with Crippen molar-refractivity contribution in [2.24, 2.45) is 5.92 Å². The highest BCUT2D eigenvalue weighted by Crippen LogP contribution is 2.12. The van der Waals surface area contributed by atoms with Crippen molar-refractivity contribution in [3.8, 4) is 0 Å². The van der Waals surface area contributed by atoms with E-state index in [2.05, 4.69) is 22.7 Å². The van der Waals surface area contributed by atoms with Gasteiger partial charge in [0.15, 0.2) is 5.76 Å². The summed E-state index contributed by atoms with van der Waals surface area (Å²) in [5.41, 5.74) is 3.24. The normalized spacial score (nSPS) is 11.8. The minimum absolute atomic E-state index is 0.149. The molecule has 7 nitrogen and oxygen atoms in total. The molecule has 0 saturated carbocycles. The predicted octanol–water partition coefficient (Wildman–Crippen LogP) is 3.41. The molecule has 2 amide bonds. The van der Waals surface area contributed by atoms with Crippen molar-refractivity contribution in [1.82, 2.24) is 15.1 Å². The van der Waals surface area contributed by atoms with Gasteiger partial charge in [0.1, 0.15) is 0 Å². The van der Waals surface area contributed by atoms with Gasteiger partial charge in [-0.25, -0.2) is 0 Å². The summed E-state index contributed by atoms with van der Waals surface area (Å²) >= 11 is 0. The number of nitrogens with one attached hydrogen (secondary N) is 2. The summed E-state index contributed by atoms with van der Waals surface area (Å²) in [6.07, 6.45) is 1.44. The highest BCUT2D eigenvalue weighted by molar-refractivity contribution is 6.02. The van der Waals surface area contributed by atoms with Crippen LogP contribution >= 0.6 is 0 Å². The maximum absolute atomic E-state index is 12.4. The van der Waals surface area contributed by atoms with Crippen molar-refractivity contribution in [3.63, 3.8) is 0 Å². The molecule has 3 aromatic rings. The van der Waals surface area contributed by atoms with Gasteiger partial charge in [0.25, 0.3) is 11.8 Å². The van der Waals surface area contributed by atoms with Crippen LogP contribution in [0.4, 0.5) is 5.69 Å². The predicted molar refractivity (Wildman–Crippen MR) is 106 cm³/mol. The fourth-order valence-electron chi connectivity index (χ4n) is 2.89. The fraction of sp³-hybridized carbons (Fsp3) is 0.286. The lowest BCUT2D eigenvalue weighted by Crippen LogP contribution is -2.30. The second kappa shape index (κ2) is 8.56. The van der Waals surface area contributed by atoms with Gasteiger partial charge in [-0.2, -0.15) is 5.10 Å². The van der Waals surface area contributed by atoms with E-state index in [-0.39, 0.29) is 23.5 Å². The highest BCUT2D eigenvalue weighted by Gasteiger charge is 2.12. The Morgan fingerprint density at radius 3 is 2.50 bits per heavy atom. The maximum Gasteiger partial charge on any atom is 0.291 e. The Labute approximate surface area is 163 Å². The molecule has 0 aliphatic carbocycles. The molecule has 0 bridgehead atoms. The van der Waals surface area contributed by atoms with Crippen LogP contribution in [0.2, 0.25) is 0 Å². The molecule has 7 heteroatoms. The van der Waals surface area contributed by atoms with E-state index in [1.165, 1.54) is 6.26 Å². The van der Waals surface area contributed by atoms with Gasteiger partial charge in [-0.3, -0.25) is 14.3 Å². The third-order valence-electron chi connectivity index (χ3n) is 4.35. The van der Waals surface area contributed by atoms with Crippen LogP contribution in [0.25, 0.3) is 0 Å². The molecule has 2 heterocycles. The molecule has 0 unspecified atom stereocenters. The largest absolute Gasteiger partial charge is 0.459 e. The van der Waals surface area contributed by atoms with Gasteiger partial charge < -0.3 is 15.1 Å². The van der Waals surface area contributed by atoms with Crippen molar-refractivity contribution in [1.29, 1.82) is 0 Å². The summed E-state index contributed by atoms with van der Waals surface area (Å²) in [5.74, 6) is -0.00321. The second-order valence-corrected chi connectivity index (χ2v) is 6.93. The number of carbonyl (C=O) groups excluding carboxylic acids is 2. The van der Waals surface area contributed by atoms with Crippen molar-refractivity contribution in [2.75, 3.05) is 11.9 Å². The average Bonchev–Trinajstić information content (AvgIpc) is 3.30. The van der Waals surface area contributed by atoms with Crippen LogP contribution in [0.15, 0.2) is 53.1 Å². The van der Waals surface area contributed by atoms with E-state index in [0.29, 0.717) is 17.8 Å². The average molecular weight is 380 g/mol. The summed E-state index contributed by atoms with van der Waals surface area (Å²) in [5, 5.41) is 10.1. The van der Waals surface area contributed by atoms with Crippen LogP contribution in [0.3, 0.4) is 0 Å². The minimum atomic E-state index is -0.333. The Hall–Kier alpha value is -3.35. The number of aromatic nitrogens is 2. The van der Waals surface area contributed by atoms with Crippen LogP contribution in [-0.4, -0.2) is 28.1 Å².